The Kier molecular flexibility index (Phi) is 4.98. The van der Waals surface area contributed by atoms with Gasteiger partial charge < -0.3 is 20.5 Å². The Morgan fingerprint density at radius 3 is 2.55 bits per heavy atom. The number of carboxylic acid groups (broad SMARTS) is 1. The Morgan fingerprint density at radius 2 is 2.00 bits per heavy atom. The molecular weight excluding hydrogens is 256 g/mol. The number of aliphatic carboxylic acids is 1. The highest BCUT2D eigenvalue weighted by Crippen LogP contribution is 2.19. The highest BCUT2D eigenvalue weighted by Gasteiger charge is 2.18. The molecule has 1 saturated heterocycles. The number of carbonyl (C=O) groups is 1. The molecule has 0 bridgehead atoms. The van der Waals surface area contributed by atoms with Gasteiger partial charge in [0.05, 0.1) is 0 Å². The van der Waals surface area contributed by atoms with Crippen molar-refractivity contribution in [2.24, 2.45) is 5.73 Å². The number of hydrogen-bond acceptors (Lipinski definition) is 4. The first-order chi connectivity index (χ1) is 9.54. The third-order valence-corrected chi connectivity index (χ3v) is 3.66. The average molecular weight is 278 g/mol. The van der Waals surface area contributed by atoms with Crippen molar-refractivity contribution in [3.63, 3.8) is 0 Å². The van der Waals surface area contributed by atoms with E-state index in [-0.39, 0.29) is 6.10 Å². The second kappa shape index (κ2) is 6.72. The second-order valence-corrected chi connectivity index (χ2v) is 5.41. The quantitative estimate of drug-likeness (QED) is 0.844. The summed E-state index contributed by atoms with van der Waals surface area (Å²) >= 11 is 0. The van der Waals surface area contributed by atoms with Gasteiger partial charge in [-0.15, -0.1) is 0 Å². The van der Waals surface area contributed by atoms with Crippen LogP contribution in [0.25, 0.3) is 0 Å². The number of carboxylic acids is 1. The summed E-state index contributed by atoms with van der Waals surface area (Å²) in [7, 11) is 2.12. The van der Waals surface area contributed by atoms with Crippen LogP contribution in [-0.2, 0) is 11.2 Å². The summed E-state index contributed by atoms with van der Waals surface area (Å²) in [5.74, 6) is -0.135. The number of nitrogens with zero attached hydrogens (tertiary/aromatic N) is 1. The minimum Gasteiger partial charge on any atom is -0.490 e. The van der Waals surface area contributed by atoms with Gasteiger partial charge in [-0.1, -0.05) is 12.1 Å². The molecule has 0 radical (unpaired) electrons. The van der Waals surface area contributed by atoms with Gasteiger partial charge in [0.2, 0.25) is 0 Å². The lowest BCUT2D eigenvalue weighted by Gasteiger charge is -2.29. The third kappa shape index (κ3) is 4.21. The van der Waals surface area contributed by atoms with E-state index in [2.05, 4.69) is 11.9 Å². The Balaban J connectivity index is 1.86. The van der Waals surface area contributed by atoms with Crippen LogP contribution in [0.3, 0.4) is 0 Å². The fourth-order valence-electron chi connectivity index (χ4n) is 2.34. The summed E-state index contributed by atoms with van der Waals surface area (Å²) in [5, 5.41) is 8.78. The minimum atomic E-state index is -0.975. The van der Waals surface area contributed by atoms with Gasteiger partial charge in [-0.05, 0) is 44.0 Å². The van der Waals surface area contributed by atoms with Gasteiger partial charge in [-0.25, -0.2) is 0 Å². The Bertz CT molecular complexity index is 439. The van der Waals surface area contributed by atoms with Crippen LogP contribution < -0.4 is 10.5 Å². The molecule has 0 aliphatic carbocycles. The van der Waals surface area contributed by atoms with Gasteiger partial charge in [-0.2, -0.15) is 0 Å². The number of rotatable bonds is 5. The summed E-state index contributed by atoms with van der Waals surface area (Å²) < 4.78 is 5.94. The first-order valence-electron chi connectivity index (χ1n) is 6.97. The van der Waals surface area contributed by atoms with Gasteiger partial charge in [0.25, 0.3) is 0 Å². The van der Waals surface area contributed by atoms with Crippen molar-refractivity contribution in [1.82, 2.24) is 4.90 Å². The molecule has 1 aromatic rings. The van der Waals surface area contributed by atoms with Crippen LogP contribution in [0.2, 0.25) is 0 Å². The lowest BCUT2D eigenvalue weighted by atomic mass is 10.1. The molecule has 0 spiro atoms. The Morgan fingerprint density at radius 1 is 1.40 bits per heavy atom. The number of benzene rings is 1. The molecule has 2 rings (SSSR count). The Labute approximate surface area is 119 Å². The molecular formula is C15H22N2O3. The maximum Gasteiger partial charge on any atom is 0.320 e. The number of nitrogens with two attached hydrogens (primary N) is 1. The normalized spacial score (nSPS) is 18.7. The van der Waals surface area contributed by atoms with Gasteiger partial charge in [0.15, 0.2) is 0 Å². The molecule has 1 heterocycles. The van der Waals surface area contributed by atoms with Crippen molar-refractivity contribution < 1.29 is 14.6 Å². The van der Waals surface area contributed by atoms with E-state index in [9.17, 15) is 4.79 Å². The van der Waals surface area contributed by atoms with E-state index in [1.165, 1.54) is 0 Å². The van der Waals surface area contributed by atoms with Crippen LogP contribution in [0, 0.1) is 0 Å². The van der Waals surface area contributed by atoms with Crippen molar-refractivity contribution in [2.75, 3.05) is 20.1 Å². The molecule has 5 nitrogen and oxygen atoms in total. The monoisotopic (exact) mass is 278 g/mol. The number of ether oxygens (including phenoxy) is 1. The zero-order valence-corrected chi connectivity index (χ0v) is 11.8. The molecule has 0 amide bonds. The van der Waals surface area contributed by atoms with Crippen molar-refractivity contribution in [3.05, 3.63) is 29.8 Å². The fourth-order valence-corrected chi connectivity index (χ4v) is 2.34. The zero-order chi connectivity index (χ0) is 14.5. The van der Waals surface area contributed by atoms with Crippen molar-refractivity contribution in [3.8, 4) is 5.75 Å². The minimum absolute atomic E-state index is 0.276. The largest absolute Gasteiger partial charge is 0.490 e. The number of likely N-dealkylation sites (tertiary alicyclic amines) is 1. The molecule has 110 valence electrons. The highest BCUT2D eigenvalue weighted by atomic mass is 16.5. The highest BCUT2D eigenvalue weighted by molar-refractivity contribution is 5.73. The average Bonchev–Trinajstić information content (AvgIpc) is 2.43. The number of piperidine rings is 1. The smallest absolute Gasteiger partial charge is 0.320 e. The summed E-state index contributed by atoms with van der Waals surface area (Å²) in [6, 6.07) is 6.69. The molecule has 5 heteroatoms. The molecule has 20 heavy (non-hydrogen) atoms. The van der Waals surface area contributed by atoms with Gasteiger partial charge in [-0.3, -0.25) is 4.79 Å². The van der Waals surface area contributed by atoms with Crippen LogP contribution in [0.4, 0.5) is 0 Å². The van der Waals surface area contributed by atoms with Crippen LogP contribution >= 0.6 is 0 Å². The van der Waals surface area contributed by atoms with E-state index in [4.69, 9.17) is 15.6 Å². The van der Waals surface area contributed by atoms with Crippen molar-refractivity contribution in [1.29, 1.82) is 0 Å². The molecule has 1 fully saturated rings. The van der Waals surface area contributed by atoms with E-state index < -0.39 is 12.0 Å². The van der Waals surface area contributed by atoms with E-state index in [1.807, 2.05) is 24.3 Å². The Hall–Kier alpha value is -1.59. The maximum absolute atomic E-state index is 10.7. The van der Waals surface area contributed by atoms with E-state index in [0.29, 0.717) is 6.42 Å². The topological polar surface area (TPSA) is 75.8 Å². The summed E-state index contributed by atoms with van der Waals surface area (Å²) in [5.41, 5.74) is 6.43. The third-order valence-electron chi connectivity index (χ3n) is 3.66. The second-order valence-electron chi connectivity index (χ2n) is 5.41. The van der Waals surface area contributed by atoms with E-state index in [1.54, 1.807) is 0 Å². The zero-order valence-electron chi connectivity index (χ0n) is 11.8. The predicted molar refractivity (Wildman–Crippen MR) is 76.9 cm³/mol. The molecule has 0 aromatic heterocycles. The number of hydrogen-bond donors (Lipinski definition) is 2. The summed E-state index contributed by atoms with van der Waals surface area (Å²) in [6.45, 7) is 2.13. The van der Waals surface area contributed by atoms with Crippen LogP contribution in [0.5, 0.6) is 5.75 Å². The molecule has 3 N–H and O–H groups in total. The van der Waals surface area contributed by atoms with Crippen molar-refractivity contribution in [2.45, 2.75) is 31.4 Å². The molecule has 1 aromatic carbocycles. The SMILES string of the molecule is CN1CCC(Oc2ccc(CC(N)C(=O)O)cc2)CC1. The molecule has 1 aliphatic rings. The summed E-state index contributed by atoms with van der Waals surface area (Å²) in [4.78, 5) is 13.0. The molecule has 1 atom stereocenters. The van der Waals surface area contributed by atoms with Gasteiger partial charge in [0, 0.05) is 13.1 Å². The molecule has 0 saturated carbocycles. The standard InChI is InChI=1S/C15H22N2O3/c1-17-8-6-13(7-9-17)20-12-4-2-11(3-5-12)10-14(16)15(18)19/h2-5,13-14H,6-10,16H2,1H3,(H,18,19). The molecule has 1 unspecified atom stereocenters. The maximum atomic E-state index is 10.7. The lowest BCUT2D eigenvalue weighted by Crippen LogP contribution is -2.35. The predicted octanol–water partition coefficient (Wildman–Crippen LogP) is 1.11. The first kappa shape index (κ1) is 14.8. The molecule has 1 aliphatic heterocycles. The summed E-state index contributed by atoms with van der Waals surface area (Å²) in [6.07, 6.45) is 2.70. The first-order valence-corrected chi connectivity index (χ1v) is 6.97. The van der Waals surface area contributed by atoms with Crippen molar-refractivity contribution >= 4 is 5.97 Å². The van der Waals surface area contributed by atoms with E-state index >= 15 is 0 Å². The lowest BCUT2D eigenvalue weighted by molar-refractivity contribution is -0.138. The van der Waals surface area contributed by atoms with Gasteiger partial charge >= 0.3 is 5.97 Å². The van der Waals surface area contributed by atoms with Crippen LogP contribution in [0.1, 0.15) is 18.4 Å². The fraction of sp³-hybridized carbons (Fsp3) is 0.533. The van der Waals surface area contributed by atoms with Gasteiger partial charge in [0.1, 0.15) is 17.9 Å². The van der Waals surface area contributed by atoms with Crippen LogP contribution in [0.15, 0.2) is 24.3 Å². The van der Waals surface area contributed by atoms with E-state index in [0.717, 1.165) is 37.2 Å². The van der Waals surface area contributed by atoms with Crippen LogP contribution in [-0.4, -0.2) is 48.3 Å².